The fraction of sp³-hybridized carbons (Fsp3) is 0.625. The van der Waals surface area contributed by atoms with Crippen molar-refractivity contribution in [3.63, 3.8) is 0 Å². The molecule has 3 heteroatoms. The quantitative estimate of drug-likeness (QED) is 0.800. The zero-order chi connectivity index (χ0) is 13.7. The van der Waals surface area contributed by atoms with Gasteiger partial charge in [-0.2, -0.15) is 0 Å². The molecule has 1 aliphatic rings. The number of rotatable bonds is 6. The third-order valence-electron chi connectivity index (χ3n) is 4.02. The maximum atomic E-state index is 10.00. The lowest BCUT2D eigenvalue weighted by molar-refractivity contribution is 0.0916. The van der Waals surface area contributed by atoms with E-state index < -0.39 is 0 Å². The van der Waals surface area contributed by atoms with Gasteiger partial charge in [0, 0.05) is 19.2 Å². The number of phenols is 1. The average molecular weight is 263 g/mol. The Labute approximate surface area is 116 Å². The summed E-state index contributed by atoms with van der Waals surface area (Å²) in [7, 11) is 0. The van der Waals surface area contributed by atoms with Crippen LogP contribution in [0.5, 0.6) is 5.75 Å². The standard InChI is InChI=1S/C16H25NO2/c1-3-17(11-12-19-4-2)15-9-5-8-14-13(15)7-6-10-16(14)18/h6-7,10,15,18H,3-5,8-9,11-12H2,1-2H3. The lowest BCUT2D eigenvalue weighted by Crippen LogP contribution is -2.34. The molecule has 1 aliphatic carbocycles. The van der Waals surface area contributed by atoms with E-state index in [4.69, 9.17) is 4.74 Å². The average Bonchev–Trinajstić information content (AvgIpc) is 2.44. The summed E-state index contributed by atoms with van der Waals surface area (Å²) in [5, 5.41) is 10.00. The van der Waals surface area contributed by atoms with E-state index in [-0.39, 0.29) is 0 Å². The molecular weight excluding hydrogens is 238 g/mol. The molecule has 0 saturated carbocycles. The zero-order valence-corrected chi connectivity index (χ0v) is 12.1. The van der Waals surface area contributed by atoms with Gasteiger partial charge in [0.15, 0.2) is 0 Å². The van der Waals surface area contributed by atoms with Crippen LogP contribution in [-0.4, -0.2) is 36.3 Å². The van der Waals surface area contributed by atoms with Gasteiger partial charge in [0.1, 0.15) is 5.75 Å². The predicted molar refractivity (Wildman–Crippen MR) is 77.5 cm³/mol. The Morgan fingerprint density at radius 2 is 2.21 bits per heavy atom. The molecule has 0 saturated heterocycles. The number of likely N-dealkylation sites (N-methyl/N-ethyl adjacent to an activating group) is 1. The number of nitrogens with zero attached hydrogens (tertiary/aromatic N) is 1. The molecule has 106 valence electrons. The smallest absolute Gasteiger partial charge is 0.119 e. The second kappa shape index (κ2) is 6.92. The highest BCUT2D eigenvalue weighted by atomic mass is 16.5. The van der Waals surface area contributed by atoms with Crippen molar-refractivity contribution in [3.8, 4) is 5.75 Å². The summed E-state index contributed by atoms with van der Waals surface area (Å²) in [5.74, 6) is 0.461. The van der Waals surface area contributed by atoms with Crippen molar-refractivity contribution in [2.24, 2.45) is 0 Å². The van der Waals surface area contributed by atoms with Gasteiger partial charge in [0.2, 0.25) is 0 Å². The maximum Gasteiger partial charge on any atom is 0.119 e. The molecule has 1 atom stereocenters. The molecule has 0 aliphatic heterocycles. The van der Waals surface area contributed by atoms with Crippen molar-refractivity contribution in [1.82, 2.24) is 4.90 Å². The van der Waals surface area contributed by atoms with Crippen LogP contribution in [0.4, 0.5) is 0 Å². The second-order valence-corrected chi connectivity index (χ2v) is 5.08. The highest BCUT2D eigenvalue weighted by Crippen LogP contribution is 2.37. The Hall–Kier alpha value is -1.06. The van der Waals surface area contributed by atoms with Gasteiger partial charge in [0.05, 0.1) is 6.61 Å². The van der Waals surface area contributed by atoms with E-state index in [2.05, 4.69) is 17.9 Å². The fourth-order valence-electron chi connectivity index (χ4n) is 3.04. The van der Waals surface area contributed by atoms with Crippen molar-refractivity contribution in [3.05, 3.63) is 29.3 Å². The molecule has 0 amide bonds. The van der Waals surface area contributed by atoms with Crippen LogP contribution in [0.2, 0.25) is 0 Å². The molecule has 1 unspecified atom stereocenters. The van der Waals surface area contributed by atoms with E-state index in [9.17, 15) is 5.11 Å². The van der Waals surface area contributed by atoms with Gasteiger partial charge in [-0.3, -0.25) is 4.90 Å². The number of ether oxygens (including phenoxy) is 1. The molecule has 0 aromatic heterocycles. The SMILES string of the molecule is CCOCCN(CC)C1CCCc2c(O)cccc21. The normalized spacial score (nSPS) is 18.6. The maximum absolute atomic E-state index is 10.00. The van der Waals surface area contributed by atoms with Gasteiger partial charge in [-0.25, -0.2) is 0 Å². The Bertz CT molecular complexity index is 406. The Morgan fingerprint density at radius 1 is 1.37 bits per heavy atom. The summed E-state index contributed by atoms with van der Waals surface area (Å²) >= 11 is 0. The van der Waals surface area contributed by atoms with Crippen LogP contribution in [0.3, 0.4) is 0 Å². The van der Waals surface area contributed by atoms with Gasteiger partial charge in [-0.15, -0.1) is 0 Å². The molecule has 19 heavy (non-hydrogen) atoms. The lowest BCUT2D eigenvalue weighted by Gasteiger charge is -2.35. The number of benzene rings is 1. The van der Waals surface area contributed by atoms with Gasteiger partial charge >= 0.3 is 0 Å². The zero-order valence-electron chi connectivity index (χ0n) is 12.1. The monoisotopic (exact) mass is 263 g/mol. The van der Waals surface area contributed by atoms with E-state index in [1.165, 1.54) is 12.0 Å². The Balaban J connectivity index is 2.14. The van der Waals surface area contributed by atoms with Gasteiger partial charge < -0.3 is 9.84 Å². The molecule has 1 N–H and O–H groups in total. The predicted octanol–water partition coefficient (Wildman–Crippen LogP) is 3.13. The van der Waals surface area contributed by atoms with E-state index >= 15 is 0 Å². The minimum absolute atomic E-state index is 0.432. The van der Waals surface area contributed by atoms with Crippen molar-refractivity contribution < 1.29 is 9.84 Å². The minimum Gasteiger partial charge on any atom is -0.508 e. The molecule has 3 nitrogen and oxygen atoms in total. The highest BCUT2D eigenvalue weighted by molar-refractivity contribution is 5.42. The molecule has 1 aromatic carbocycles. The van der Waals surface area contributed by atoms with Crippen LogP contribution in [0.15, 0.2) is 18.2 Å². The minimum atomic E-state index is 0.432. The largest absolute Gasteiger partial charge is 0.508 e. The first kappa shape index (κ1) is 14.4. The van der Waals surface area contributed by atoms with E-state index in [1.54, 1.807) is 6.07 Å². The van der Waals surface area contributed by atoms with Crippen LogP contribution < -0.4 is 0 Å². The van der Waals surface area contributed by atoms with Crippen LogP contribution in [0.25, 0.3) is 0 Å². The summed E-state index contributed by atoms with van der Waals surface area (Å²) < 4.78 is 5.48. The molecule has 0 radical (unpaired) electrons. The molecular formula is C16H25NO2. The summed E-state index contributed by atoms with van der Waals surface area (Å²) in [5.41, 5.74) is 2.46. The lowest BCUT2D eigenvalue weighted by atomic mass is 9.86. The number of fused-ring (bicyclic) bond motifs is 1. The first-order valence-electron chi connectivity index (χ1n) is 7.40. The van der Waals surface area contributed by atoms with Gasteiger partial charge in [-0.1, -0.05) is 19.1 Å². The van der Waals surface area contributed by atoms with Crippen molar-refractivity contribution in [2.75, 3.05) is 26.3 Å². The number of hydrogen-bond donors (Lipinski definition) is 1. The summed E-state index contributed by atoms with van der Waals surface area (Å²) in [6.45, 7) is 7.78. The Morgan fingerprint density at radius 3 is 2.95 bits per heavy atom. The highest BCUT2D eigenvalue weighted by Gasteiger charge is 2.26. The van der Waals surface area contributed by atoms with E-state index in [1.807, 2.05) is 13.0 Å². The topological polar surface area (TPSA) is 32.7 Å². The molecule has 1 aromatic rings. The Kier molecular flexibility index (Phi) is 5.23. The van der Waals surface area contributed by atoms with Crippen LogP contribution in [0.1, 0.15) is 43.9 Å². The molecule has 0 heterocycles. The molecule has 0 fully saturated rings. The van der Waals surface area contributed by atoms with Crippen molar-refractivity contribution in [2.45, 2.75) is 39.2 Å². The summed E-state index contributed by atoms with van der Waals surface area (Å²) in [6, 6.07) is 6.37. The number of phenolic OH excluding ortho intramolecular Hbond substituents is 1. The van der Waals surface area contributed by atoms with Crippen molar-refractivity contribution >= 4 is 0 Å². The summed E-state index contributed by atoms with van der Waals surface area (Å²) in [6.07, 6.45) is 3.33. The summed E-state index contributed by atoms with van der Waals surface area (Å²) in [4.78, 5) is 2.47. The fourth-order valence-corrected chi connectivity index (χ4v) is 3.04. The van der Waals surface area contributed by atoms with Crippen LogP contribution in [-0.2, 0) is 11.2 Å². The van der Waals surface area contributed by atoms with Crippen LogP contribution >= 0.6 is 0 Å². The van der Waals surface area contributed by atoms with Gasteiger partial charge in [0.25, 0.3) is 0 Å². The van der Waals surface area contributed by atoms with Gasteiger partial charge in [-0.05, 0) is 49.9 Å². The third kappa shape index (κ3) is 3.28. The van der Waals surface area contributed by atoms with Crippen molar-refractivity contribution in [1.29, 1.82) is 0 Å². The van der Waals surface area contributed by atoms with E-state index in [0.717, 1.165) is 44.7 Å². The molecule has 2 rings (SSSR count). The molecule has 0 bridgehead atoms. The third-order valence-corrected chi connectivity index (χ3v) is 4.02. The van der Waals surface area contributed by atoms with Crippen LogP contribution in [0, 0.1) is 0 Å². The number of aromatic hydroxyl groups is 1. The first-order valence-corrected chi connectivity index (χ1v) is 7.40. The first-order chi connectivity index (χ1) is 9.27. The number of hydrogen-bond acceptors (Lipinski definition) is 3. The second-order valence-electron chi connectivity index (χ2n) is 5.08. The molecule has 0 spiro atoms. The van der Waals surface area contributed by atoms with E-state index in [0.29, 0.717) is 11.8 Å².